The van der Waals surface area contributed by atoms with Crippen molar-refractivity contribution in [2.75, 3.05) is 18.5 Å². The first-order valence-corrected chi connectivity index (χ1v) is 13.0. The minimum absolute atomic E-state index is 0.101. The van der Waals surface area contributed by atoms with E-state index in [9.17, 15) is 14.1 Å². The van der Waals surface area contributed by atoms with E-state index in [2.05, 4.69) is 10.4 Å². The van der Waals surface area contributed by atoms with Gasteiger partial charge in [0.1, 0.15) is 5.82 Å². The second-order valence-electron chi connectivity index (χ2n) is 9.23. The van der Waals surface area contributed by atoms with Gasteiger partial charge in [0.15, 0.2) is 0 Å². The van der Waals surface area contributed by atoms with E-state index < -0.39 is 7.94 Å². The number of hydrogen-bond acceptors (Lipinski definition) is 5. The standard InChI is InChI=1S/C25H29FN3O4P/c1-25(2)16-32-34(31,33-17-25)15-18-4-11-22(12-5-18)28-23(30)13-8-20-14-27-29(3)24(20)19-6-9-21(26)10-7-19/h4-14,31,34H,15-17H2,1-3H3,(H,28,30)/b13-8+. The minimum Gasteiger partial charge on any atom is -0.207 e. The number of aromatic nitrogens is 2. The van der Waals surface area contributed by atoms with E-state index in [0.717, 1.165) is 22.4 Å². The smallest absolute Gasteiger partial charge is 0.207 e. The third-order valence-corrected chi connectivity index (χ3v) is 7.57. The molecule has 1 aromatic heterocycles. The fourth-order valence-electron chi connectivity index (χ4n) is 3.65. The predicted octanol–water partition coefficient (Wildman–Crippen LogP) is 4.94. The number of halogens is 1. The van der Waals surface area contributed by atoms with Crippen LogP contribution < -0.4 is 5.32 Å². The Morgan fingerprint density at radius 2 is 1.82 bits per heavy atom. The summed E-state index contributed by atoms with van der Waals surface area (Å²) in [6, 6.07) is 13.4. The topological polar surface area (TPSA) is 85.6 Å². The van der Waals surface area contributed by atoms with Crippen molar-refractivity contribution in [3.63, 3.8) is 0 Å². The summed E-state index contributed by atoms with van der Waals surface area (Å²) in [6.45, 7) is 5.00. The van der Waals surface area contributed by atoms with Crippen molar-refractivity contribution in [3.05, 3.63) is 77.7 Å². The summed E-state index contributed by atoms with van der Waals surface area (Å²) < 4.78 is 26.3. The monoisotopic (exact) mass is 485 g/mol. The van der Waals surface area contributed by atoms with Gasteiger partial charge in [0.25, 0.3) is 0 Å². The number of nitrogens with zero attached hydrogens (tertiary/aromatic N) is 2. The maximum atomic E-state index is 13.3. The van der Waals surface area contributed by atoms with E-state index in [-0.39, 0.29) is 17.1 Å². The molecule has 1 aliphatic rings. The number of anilines is 1. The molecule has 1 aliphatic heterocycles. The normalized spacial score (nSPS) is 18.0. The van der Waals surface area contributed by atoms with Crippen LogP contribution in [0.15, 0.2) is 60.8 Å². The van der Waals surface area contributed by atoms with Crippen molar-refractivity contribution < 1.29 is 23.1 Å². The van der Waals surface area contributed by atoms with E-state index in [0.29, 0.717) is 25.1 Å². The van der Waals surface area contributed by atoms with Gasteiger partial charge in [0.05, 0.1) is 0 Å². The van der Waals surface area contributed by atoms with E-state index in [1.54, 1.807) is 48.3 Å². The molecule has 2 N–H and O–H groups in total. The van der Waals surface area contributed by atoms with Crippen LogP contribution in [0, 0.1) is 11.2 Å². The zero-order valence-corrected chi connectivity index (χ0v) is 20.4. The average Bonchev–Trinajstić information content (AvgIpc) is 3.17. The average molecular weight is 485 g/mol. The second kappa shape index (κ2) is 9.76. The molecular formula is C25H29FN3O4P. The van der Waals surface area contributed by atoms with Crippen molar-refractivity contribution in [2.24, 2.45) is 12.5 Å². The summed E-state index contributed by atoms with van der Waals surface area (Å²) in [5.74, 6) is -0.608. The number of amides is 1. The number of carbonyl (C=O) groups is 1. The molecule has 1 amide bonds. The molecule has 0 unspecified atom stereocenters. The summed E-state index contributed by atoms with van der Waals surface area (Å²) >= 11 is 0. The Labute approximate surface area is 198 Å². The summed E-state index contributed by atoms with van der Waals surface area (Å²) in [7, 11) is -1.43. The van der Waals surface area contributed by atoms with Gasteiger partial charge in [-0.3, -0.25) is 0 Å². The van der Waals surface area contributed by atoms with Crippen LogP contribution in [-0.4, -0.2) is 33.8 Å². The van der Waals surface area contributed by atoms with Gasteiger partial charge in [-0.1, -0.05) is 0 Å². The summed E-state index contributed by atoms with van der Waals surface area (Å²) in [5, 5.41) is 7.07. The first kappa shape index (κ1) is 24.2. The molecular weight excluding hydrogens is 456 g/mol. The molecule has 0 bridgehead atoms. The van der Waals surface area contributed by atoms with Crippen LogP contribution in [-0.2, 0) is 27.1 Å². The molecule has 9 heteroatoms. The van der Waals surface area contributed by atoms with Gasteiger partial charge < -0.3 is 0 Å². The molecule has 0 radical (unpaired) electrons. The maximum absolute atomic E-state index is 13.3. The summed E-state index contributed by atoms with van der Waals surface area (Å²) in [4.78, 5) is 23.1. The molecule has 0 atom stereocenters. The second-order valence-corrected chi connectivity index (χ2v) is 11.6. The Hall–Kier alpha value is -2.90. The molecule has 1 saturated heterocycles. The van der Waals surface area contributed by atoms with Crippen molar-refractivity contribution >= 4 is 25.6 Å². The van der Waals surface area contributed by atoms with Crippen LogP contribution in [0.25, 0.3) is 17.3 Å². The molecule has 0 saturated carbocycles. The van der Waals surface area contributed by atoms with Crippen LogP contribution in [0.4, 0.5) is 10.1 Å². The first-order chi connectivity index (χ1) is 16.1. The first-order valence-electron chi connectivity index (χ1n) is 11.0. The van der Waals surface area contributed by atoms with Crippen molar-refractivity contribution in [2.45, 2.75) is 20.0 Å². The van der Waals surface area contributed by atoms with Crippen LogP contribution >= 0.6 is 7.94 Å². The zero-order chi connectivity index (χ0) is 24.3. The SMILES string of the molecule is Cn1ncc(/C=C/C(=O)Nc2ccc(C[PH]3(O)OCC(C)(C)CO3)cc2)c1-c1ccc(F)cc1. The molecule has 2 heterocycles. The van der Waals surface area contributed by atoms with Gasteiger partial charge in [0.2, 0.25) is 0 Å². The van der Waals surface area contributed by atoms with E-state index in [1.807, 2.05) is 26.0 Å². The number of nitrogens with one attached hydrogen (secondary N) is 1. The zero-order valence-electron chi connectivity index (χ0n) is 19.4. The van der Waals surface area contributed by atoms with Crippen LogP contribution in [0.5, 0.6) is 0 Å². The molecule has 4 rings (SSSR count). The molecule has 1 fully saturated rings. The van der Waals surface area contributed by atoms with Crippen LogP contribution in [0.3, 0.4) is 0 Å². The van der Waals surface area contributed by atoms with Crippen molar-refractivity contribution in [1.82, 2.24) is 9.78 Å². The molecule has 0 aliphatic carbocycles. The number of aryl methyl sites for hydroxylation is 1. The fraction of sp³-hybridized carbons (Fsp3) is 0.280. The summed E-state index contributed by atoms with van der Waals surface area (Å²) in [6.07, 6.45) is 5.08. The Balaban J connectivity index is 1.37. The molecule has 0 spiro atoms. The molecule has 180 valence electrons. The number of rotatable bonds is 6. The van der Waals surface area contributed by atoms with Gasteiger partial charge in [-0.05, 0) is 24.3 Å². The van der Waals surface area contributed by atoms with Gasteiger partial charge in [-0.15, -0.1) is 0 Å². The Kier molecular flexibility index (Phi) is 6.96. The Morgan fingerprint density at radius 3 is 2.47 bits per heavy atom. The van der Waals surface area contributed by atoms with Crippen LogP contribution in [0.2, 0.25) is 0 Å². The fourth-order valence-corrected chi connectivity index (χ4v) is 5.92. The summed E-state index contributed by atoms with van der Waals surface area (Å²) in [5.41, 5.74) is 3.73. The van der Waals surface area contributed by atoms with E-state index in [1.165, 1.54) is 18.2 Å². The van der Waals surface area contributed by atoms with Gasteiger partial charge in [-0.25, -0.2) is 4.39 Å². The van der Waals surface area contributed by atoms with E-state index >= 15 is 0 Å². The van der Waals surface area contributed by atoms with Crippen molar-refractivity contribution in [3.8, 4) is 11.3 Å². The van der Waals surface area contributed by atoms with Crippen molar-refractivity contribution in [1.29, 1.82) is 0 Å². The van der Waals surface area contributed by atoms with Gasteiger partial charge in [0, 0.05) is 7.05 Å². The molecule has 2 aromatic carbocycles. The number of carbonyl (C=O) groups excluding carboxylic acids is 1. The number of hydrogen-bond donors (Lipinski definition) is 2. The third-order valence-electron chi connectivity index (χ3n) is 5.52. The molecule has 7 nitrogen and oxygen atoms in total. The third kappa shape index (κ3) is 5.96. The van der Waals surface area contributed by atoms with Gasteiger partial charge >= 0.3 is 157 Å². The minimum atomic E-state index is -3.23. The molecule has 34 heavy (non-hydrogen) atoms. The molecule has 3 aromatic rings. The van der Waals surface area contributed by atoms with Gasteiger partial charge in [-0.2, -0.15) is 0 Å². The van der Waals surface area contributed by atoms with E-state index in [4.69, 9.17) is 9.05 Å². The Morgan fingerprint density at radius 1 is 1.18 bits per heavy atom. The Bertz CT molecular complexity index is 1180. The number of benzene rings is 2. The predicted molar refractivity (Wildman–Crippen MR) is 133 cm³/mol. The van der Waals surface area contributed by atoms with Crippen LogP contribution in [0.1, 0.15) is 25.0 Å². The quantitative estimate of drug-likeness (QED) is 0.382.